The summed E-state index contributed by atoms with van der Waals surface area (Å²) >= 11 is 0. The summed E-state index contributed by atoms with van der Waals surface area (Å²) in [5.41, 5.74) is 0. The number of ether oxygens (including phenoxy) is 13. The van der Waals surface area contributed by atoms with Crippen LogP contribution in [0.2, 0.25) is 0 Å². The highest BCUT2D eigenvalue weighted by molar-refractivity contribution is 5.67. The lowest BCUT2D eigenvalue weighted by Crippen LogP contribution is -2.31. The Morgan fingerprint density at radius 1 is 0.339 bits per heavy atom. The van der Waals surface area contributed by atoms with Gasteiger partial charge in [0, 0.05) is 13.1 Å². The van der Waals surface area contributed by atoms with Crippen LogP contribution in [-0.2, 0) is 61.6 Å². The van der Waals surface area contributed by atoms with E-state index < -0.39 is 0 Å². The molecule has 2 aliphatic rings. The van der Waals surface area contributed by atoms with E-state index >= 15 is 0 Å². The lowest BCUT2D eigenvalue weighted by Gasteiger charge is -2.18. The number of rotatable bonds is 38. The van der Waals surface area contributed by atoms with E-state index in [1.54, 1.807) is 0 Å². The molecule has 0 fully saturated rings. The summed E-state index contributed by atoms with van der Waals surface area (Å²) in [4.78, 5) is 23.9. The lowest BCUT2D eigenvalue weighted by atomic mass is 10.0. The molecule has 2 amide bonds. The van der Waals surface area contributed by atoms with Crippen LogP contribution in [0, 0.1) is 0 Å². The van der Waals surface area contributed by atoms with Gasteiger partial charge in [-0.2, -0.15) is 0 Å². The van der Waals surface area contributed by atoms with E-state index in [1.165, 1.54) is 0 Å². The number of allylic oxidation sites excluding steroid dienone is 4. The normalized spacial score (nSPS) is 17.2. The Bertz CT molecular complexity index is 933. The molecule has 0 aliphatic heterocycles. The predicted molar refractivity (Wildman–Crippen MR) is 220 cm³/mol. The van der Waals surface area contributed by atoms with Crippen molar-refractivity contribution in [1.82, 2.24) is 10.6 Å². The van der Waals surface area contributed by atoms with Gasteiger partial charge >= 0.3 is 12.2 Å². The van der Waals surface area contributed by atoms with Crippen molar-refractivity contribution >= 4 is 12.2 Å². The van der Waals surface area contributed by atoms with Gasteiger partial charge in [0.05, 0.1) is 145 Å². The first-order valence-electron chi connectivity index (χ1n) is 21.8. The molecule has 2 N–H and O–H groups in total. The minimum atomic E-state index is -0.380. The average molecular weight is 849 g/mol. The molecule has 59 heavy (non-hydrogen) atoms. The van der Waals surface area contributed by atoms with Crippen molar-refractivity contribution in [2.75, 3.05) is 158 Å². The third-order valence-corrected chi connectivity index (χ3v) is 8.74. The molecule has 0 heterocycles. The fourth-order valence-corrected chi connectivity index (χ4v) is 5.62. The third-order valence-electron chi connectivity index (χ3n) is 8.74. The first kappa shape index (κ1) is 52.7. The fraction of sp³-hybridized carbons (Fsp3) is 0.857. The quantitative estimate of drug-likeness (QED) is 0.0660. The van der Waals surface area contributed by atoms with Crippen molar-refractivity contribution in [3.63, 3.8) is 0 Å². The van der Waals surface area contributed by atoms with Gasteiger partial charge in [-0.3, -0.25) is 0 Å². The van der Waals surface area contributed by atoms with Crippen molar-refractivity contribution in [3.05, 3.63) is 24.3 Å². The van der Waals surface area contributed by atoms with Crippen LogP contribution in [0.1, 0.15) is 64.2 Å². The molecule has 0 unspecified atom stereocenters. The molecule has 0 aromatic heterocycles. The van der Waals surface area contributed by atoms with Crippen LogP contribution in [-0.4, -0.2) is 183 Å². The zero-order valence-corrected chi connectivity index (χ0v) is 35.6. The van der Waals surface area contributed by atoms with E-state index in [1.807, 2.05) is 0 Å². The van der Waals surface area contributed by atoms with Gasteiger partial charge in [-0.1, -0.05) is 24.3 Å². The van der Waals surface area contributed by atoms with Crippen molar-refractivity contribution in [2.45, 2.75) is 76.4 Å². The zero-order valence-electron chi connectivity index (χ0n) is 35.6. The summed E-state index contributed by atoms with van der Waals surface area (Å²) in [6.45, 7) is 11.1. The second-order valence-corrected chi connectivity index (χ2v) is 13.6. The molecule has 0 saturated carbocycles. The zero-order chi connectivity index (χ0) is 41.8. The third kappa shape index (κ3) is 37.1. The minimum Gasteiger partial charge on any atom is -0.446 e. The van der Waals surface area contributed by atoms with Gasteiger partial charge in [-0.15, -0.1) is 0 Å². The molecule has 0 bridgehead atoms. The van der Waals surface area contributed by atoms with Crippen LogP contribution in [0.5, 0.6) is 0 Å². The topological polar surface area (TPSA) is 178 Å². The number of carbonyl (C=O) groups excluding carboxylic acids is 2. The maximum Gasteiger partial charge on any atom is 0.407 e. The van der Waals surface area contributed by atoms with Gasteiger partial charge in [0.2, 0.25) is 0 Å². The standard InChI is InChI=1S/C42H76N2O15/c45-41(58-39-11-7-3-1-4-8-12-39)43-15-17-47-19-21-49-23-25-51-27-29-53-31-33-55-35-37-57-38-36-56-34-32-54-30-28-52-26-24-50-22-20-48-18-16-44-42(46)59-40-13-9-5-2-6-10-14-40/h1-3,5,39-40H,4,6-38H2,(H,43,45)(H,44,46)/t39-,40-/m1/s1. The molecule has 2 rings (SSSR count). The van der Waals surface area contributed by atoms with E-state index in [9.17, 15) is 9.59 Å². The van der Waals surface area contributed by atoms with Gasteiger partial charge in [0.1, 0.15) is 12.2 Å². The number of nitrogens with one attached hydrogen (secondary N) is 2. The molecule has 2 aliphatic carbocycles. The molecule has 17 nitrogen and oxygen atoms in total. The molecule has 17 heteroatoms. The molecule has 0 spiro atoms. The molecule has 0 radical (unpaired) electrons. The highest BCUT2D eigenvalue weighted by atomic mass is 16.6. The van der Waals surface area contributed by atoms with Gasteiger partial charge in [0.25, 0.3) is 0 Å². The molecular weight excluding hydrogens is 772 g/mol. The van der Waals surface area contributed by atoms with E-state index in [4.69, 9.17) is 61.6 Å². The van der Waals surface area contributed by atoms with E-state index in [0.29, 0.717) is 158 Å². The van der Waals surface area contributed by atoms with E-state index in [0.717, 1.165) is 64.2 Å². The van der Waals surface area contributed by atoms with Crippen LogP contribution in [0.15, 0.2) is 24.3 Å². The molecule has 0 aromatic rings. The molecular formula is C42H76N2O15. The Balaban J connectivity index is 1.15. The van der Waals surface area contributed by atoms with Gasteiger partial charge in [-0.25, -0.2) is 9.59 Å². The van der Waals surface area contributed by atoms with Gasteiger partial charge in [0.15, 0.2) is 0 Å². The Hall–Kier alpha value is -2.42. The van der Waals surface area contributed by atoms with E-state index in [2.05, 4.69) is 34.9 Å². The monoisotopic (exact) mass is 849 g/mol. The first-order chi connectivity index (χ1) is 29.2. The molecule has 0 saturated heterocycles. The lowest BCUT2D eigenvalue weighted by molar-refractivity contribution is -0.0274. The second-order valence-electron chi connectivity index (χ2n) is 13.6. The molecule has 2 atom stereocenters. The van der Waals surface area contributed by atoms with Crippen molar-refractivity contribution in [2.24, 2.45) is 0 Å². The summed E-state index contributed by atoms with van der Waals surface area (Å²) in [7, 11) is 0. The largest absolute Gasteiger partial charge is 0.446 e. The maximum absolute atomic E-state index is 11.9. The molecule has 344 valence electrons. The Labute approximate surface area is 352 Å². The van der Waals surface area contributed by atoms with Crippen LogP contribution in [0.25, 0.3) is 0 Å². The van der Waals surface area contributed by atoms with E-state index in [-0.39, 0.29) is 24.4 Å². The smallest absolute Gasteiger partial charge is 0.407 e. The number of hydrogen-bond acceptors (Lipinski definition) is 15. The van der Waals surface area contributed by atoms with Crippen LogP contribution >= 0.6 is 0 Å². The minimum absolute atomic E-state index is 0.0118. The Kier molecular flexibility index (Phi) is 37.8. The van der Waals surface area contributed by atoms with Crippen molar-refractivity contribution in [3.8, 4) is 0 Å². The highest BCUT2D eigenvalue weighted by Crippen LogP contribution is 2.16. The Morgan fingerprint density at radius 2 is 0.576 bits per heavy atom. The average Bonchev–Trinajstić information content (AvgIpc) is 3.21. The van der Waals surface area contributed by atoms with Crippen molar-refractivity contribution in [1.29, 1.82) is 0 Å². The maximum atomic E-state index is 11.9. The van der Waals surface area contributed by atoms with Crippen molar-refractivity contribution < 1.29 is 71.2 Å². The summed E-state index contributed by atoms with van der Waals surface area (Å²) < 4.78 is 71.4. The fourth-order valence-electron chi connectivity index (χ4n) is 5.62. The first-order valence-corrected chi connectivity index (χ1v) is 21.8. The number of amides is 2. The number of hydrogen-bond donors (Lipinski definition) is 2. The summed E-state index contributed by atoms with van der Waals surface area (Å²) in [5.74, 6) is 0. The van der Waals surface area contributed by atoms with Crippen LogP contribution in [0.3, 0.4) is 0 Å². The SMILES string of the molecule is O=C(NCCOCCOCCOCCOCCOCCOCCOCCOCCOCCOCCOCCNC(=O)O[C@@H]1CCC=CCCC1)O[C@@H]1CCC=CCCC1. The second kappa shape index (κ2) is 42.3. The van der Waals surface area contributed by atoms with Crippen LogP contribution < -0.4 is 10.6 Å². The predicted octanol–water partition coefficient (Wildman–Crippen LogP) is 4.40. The summed E-state index contributed by atoms with van der Waals surface area (Å²) in [5, 5.41) is 5.48. The highest BCUT2D eigenvalue weighted by Gasteiger charge is 2.15. The Morgan fingerprint density at radius 3 is 0.847 bits per heavy atom. The van der Waals surface area contributed by atoms with Crippen LogP contribution in [0.4, 0.5) is 9.59 Å². The number of alkyl carbamates (subject to hydrolysis) is 2. The van der Waals surface area contributed by atoms with Gasteiger partial charge in [-0.05, 0) is 64.2 Å². The molecule has 0 aromatic carbocycles. The summed E-state index contributed by atoms with van der Waals surface area (Å²) in [6.07, 6.45) is 17.6. The number of carbonyl (C=O) groups is 2. The van der Waals surface area contributed by atoms with Gasteiger partial charge < -0.3 is 72.2 Å². The summed E-state index contributed by atoms with van der Waals surface area (Å²) in [6, 6.07) is 0.